The van der Waals surface area contributed by atoms with Crippen LogP contribution in [0.5, 0.6) is 0 Å². The molecule has 0 N–H and O–H groups in total. The van der Waals surface area contributed by atoms with Gasteiger partial charge in [0.15, 0.2) is 0 Å². The molecule has 0 saturated heterocycles. The monoisotopic (exact) mass is 671 g/mol. The molecule has 3 unspecified atom stereocenters. The van der Waals surface area contributed by atoms with Crippen molar-refractivity contribution in [3.63, 3.8) is 0 Å². The molecule has 250 valence electrons. The van der Waals surface area contributed by atoms with Gasteiger partial charge in [-0.2, -0.15) is 15.8 Å². The van der Waals surface area contributed by atoms with Crippen LogP contribution in [0.1, 0.15) is 60.6 Å². The fourth-order valence-electron chi connectivity index (χ4n) is 9.40. The van der Waals surface area contributed by atoms with E-state index < -0.39 is 0 Å². The lowest BCUT2D eigenvalue weighted by Gasteiger charge is -2.38. The Morgan fingerprint density at radius 3 is 2.38 bits per heavy atom. The summed E-state index contributed by atoms with van der Waals surface area (Å²) >= 11 is 0. The van der Waals surface area contributed by atoms with Crippen LogP contribution in [0.25, 0.3) is 39.4 Å². The molecule has 0 spiro atoms. The lowest BCUT2D eigenvalue weighted by molar-refractivity contribution is 0.372. The van der Waals surface area contributed by atoms with Gasteiger partial charge >= 0.3 is 0 Å². The van der Waals surface area contributed by atoms with Gasteiger partial charge in [-0.05, 0) is 101 Å². The van der Waals surface area contributed by atoms with Crippen molar-refractivity contribution in [1.82, 2.24) is 4.57 Å². The van der Waals surface area contributed by atoms with Crippen molar-refractivity contribution >= 4 is 28.2 Å². The Hall–Kier alpha value is -6.35. The zero-order chi connectivity index (χ0) is 35.5. The quantitative estimate of drug-likeness (QED) is 0.178. The number of para-hydroxylation sites is 3. The summed E-state index contributed by atoms with van der Waals surface area (Å²) in [4.78, 5) is 2.38. The highest BCUT2D eigenvalue weighted by molar-refractivity contribution is 5.94. The number of allylic oxidation sites excluding steroid dienone is 6. The molecule has 1 aliphatic heterocycles. The fourth-order valence-corrected chi connectivity index (χ4v) is 9.40. The van der Waals surface area contributed by atoms with E-state index in [1.807, 2.05) is 12.1 Å². The molecular formula is C47H37N5. The Morgan fingerprint density at radius 1 is 0.769 bits per heavy atom. The van der Waals surface area contributed by atoms with Crippen molar-refractivity contribution < 1.29 is 0 Å². The third-order valence-electron chi connectivity index (χ3n) is 11.8. The van der Waals surface area contributed by atoms with Crippen molar-refractivity contribution in [2.24, 2.45) is 17.8 Å². The highest BCUT2D eigenvalue weighted by Crippen LogP contribution is 2.53. The van der Waals surface area contributed by atoms with Crippen LogP contribution >= 0.6 is 0 Å². The molecule has 4 aliphatic rings. The molecule has 5 heteroatoms. The molecule has 1 aromatic heterocycles. The molecule has 4 aromatic carbocycles. The zero-order valence-corrected chi connectivity index (χ0v) is 29.3. The van der Waals surface area contributed by atoms with Gasteiger partial charge in [-0.25, -0.2) is 0 Å². The molecule has 0 bridgehead atoms. The standard InChI is InChI=1S/C47H37N5/c1-29-23-46(52-44-18-10-6-14-38(44)47-30(2)32(27-49)20-22-45(47)52)33(28-50)25-39(29)34-21-19-31(26-48)24-40(34)37-13-5-9-17-43(37)51-41-15-7-3-11-35(41)36-12-4-8-16-42(36)51/h3,5-11,13-22,24-25,29-30,32,45,47H,4,12,23H2,1-2H3/t29?,30-,32+,45?,47?/m0/s1. The predicted molar refractivity (Wildman–Crippen MR) is 208 cm³/mol. The van der Waals surface area contributed by atoms with Crippen LogP contribution in [0.2, 0.25) is 0 Å². The van der Waals surface area contributed by atoms with Gasteiger partial charge in [0.1, 0.15) is 6.07 Å². The highest BCUT2D eigenvalue weighted by Gasteiger charge is 2.46. The van der Waals surface area contributed by atoms with Gasteiger partial charge in [-0.3, -0.25) is 0 Å². The van der Waals surface area contributed by atoms with Gasteiger partial charge in [0.2, 0.25) is 0 Å². The van der Waals surface area contributed by atoms with Gasteiger partial charge in [0, 0.05) is 33.9 Å². The van der Waals surface area contributed by atoms with E-state index in [4.69, 9.17) is 0 Å². The van der Waals surface area contributed by atoms with E-state index in [-0.39, 0.29) is 29.7 Å². The molecule has 0 saturated carbocycles. The molecule has 5 aromatic rings. The lowest BCUT2D eigenvalue weighted by atomic mass is 9.73. The second kappa shape index (κ2) is 12.5. The highest BCUT2D eigenvalue weighted by atomic mass is 15.2. The second-order valence-corrected chi connectivity index (χ2v) is 14.6. The Balaban J connectivity index is 1.22. The maximum Gasteiger partial charge on any atom is 0.101 e. The van der Waals surface area contributed by atoms with Gasteiger partial charge in [-0.15, -0.1) is 0 Å². The van der Waals surface area contributed by atoms with E-state index in [0.717, 1.165) is 52.2 Å². The third-order valence-corrected chi connectivity index (χ3v) is 11.8. The number of nitrogens with zero attached hydrogens (tertiary/aromatic N) is 5. The van der Waals surface area contributed by atoms with Crippen LogP contribution in [-0.2, 0) is 6.42 Å². The number of rotatable bonds is 4. The molecule has 2 heterocycles. The number of anilines is 1. The summed E-state index contributed by atoms with van der Waals surface area (Å²) in [7, 11) is 0. The summed E-state index contributed by atoms with van der Waals surface area (Å²) in [6.07, 6.45) is 13.6. The number of hydrogen-bond acceptors (Lipinski definition) is 4. The Bertz CT molecular complexity index is 2550. The summed E-state index contributed by atoms with van der Waals surface area (Å²) in [5.74, 6) is 0.284. The molecular weight excluding hydrogens is 635 g/mol. The molecule has 9 rings (SSSR count). The summed E-state index contributed by atoms with van der Waals surface area (Å²) in [6.45, 7) is 4.43. The molecule has 5 nitrogen and oxygen atoms in total. The molecule has 3 aliphatic carbocycles. The average Bonchev–Trinajstić information content (AvgIpc) is 3.71. The molecule has 0 radical (unpaired) electrons. The van der Waals surface area contributed by atoms with E-state index in [1.54, 1.807) is 0 Å². The van der Waals surface area contributed by atoms with E-state index in [1.165, 1.54) is 27.7 Å². The first kappa shape index (κ1) is 31.6. The normalized spacial score (nSPS) is 22.9. The van der Waals surface area contributed by atoms with E-state index in [0.29, 0.717) is 17.6 Å². The molecule has 0 fully saturated rings. The number of benzene rings is 4. The SMILES string of the molecule is CC1CC(N2c3ccccc3C3C2C=C[C@H](C#N)[C@@H]3C)=C(C#N)C=C1c1ccc(C#N)cc1-c1ccccc1-n1c2c(c3ccccc31)CCC=C2. The first-order chi connectivity index (χ1) is 25.5. The Kier molecular flexibility index (Phi) is 7.57. The van der Waals surface area contributed by atoms with Crippen molar-refractivity contribution in [2.75, 3.05) is 4.90 Å². The van der Waals surface area contributed by atoms with Crippen LogP contribution < -0.4 is 4.90 Å². The van der Waals surface area contributed by atoms with Crippen LogP contribution in [-0.4, -0.2) is 10.6 Å². The number of nitriles is 3. The smallest absolute Gasteiger partial charge is 0.101 e. The van der Waals surface area contributed by atoms with Gasteiger partial charge < -0.3 is 9.47 Å². The van der Waals surface area contributed by atoms with Crippen molar-refractivity contribution in [3.05, 3.63) is 155 Å². The predicted octanol–water partition coefficient (Wildman–Crippen LogP) is 10.6. The minimum atomic E-state index is -0.140. The second-order valence-electron chi connectivity index (χ2n) is 14.6. The molecule has 52 heavy (non-hydrogen) atoms. The van der Waals surface area contributed by atoms with Crippen molar-refractivity contribution in [1.29, 1.82) is 15.8 Å². The number of aromatic nitrogens is 1. The summed E-state index contributed by atoms with van der Waals surface area (Å²) < 4.78 is 2.38. The van der Waals surface area contributed by atoms with Gasteiger partial charge in [0.05, 0.1) is 46.4 Å². The number of fused-ring (bicyclic) bond motifs is 6. The van der Waals surface area contributed by atoms with Crippen molar-refractivity contribution in [2.45, 2.75) is 45.1 Å². The minimum Gasteiger partial charge on any atom is -0.336 e. The third kappa shape index (κ3) is 4.72. The topological polar surface area (TPSA) is 79.5 Å². The average molecular weight is 672 g/mol. The Morgan fingerprint density at radius 2 is 1.56 bits per heavy atom. The summed E-state index contributed by atoms with van der Waals surface area (Å²) in [5, 5.41) is 32.1. The first-order valence-electron chi connectivity index (χ1n) is 18.3. The van der Waals surface area contributed by atoms with E-state index in [2.05, 4.69) is 151 Å². The van der Waals surface area contributed by atoms with Gasteiger partial charge in [0.25, 0.3) is 0 Å². The lowest BCUT2D eigenvalue weighted by Crippen LogP contribution is -2.39. The molecule has 0 amide bonds. The van der Waals surface area contributed by atoms with Crippen LogP contribution in [0.3, 0.4) is 0 Å². The van der Waals surface area contributed by atoms with Crippen LogP contribution in [0, 0.1) is 51.7 Å². The maximum atomic E-state index is 10.8. The largest absolute Gasteiger partial charge is 0.336 e. The van der Waals surface area contributed by atoms with E-state index in [9.17, 15) is 15.8 Å². The zero-order valence-electron chi connectivity index (χ0n) is 29.3. The fraction of sp³-hybridized carbons (Fsp3) is 0.213. The number of hydrogen-bond donors (Lipinski definition) is 0. The van der Waals surface area contributed by atoms with E-state index >= 15 is 0 Å². The van der Waals surface area contributed by atoms with Gasteiger partial charge in [-0.1, -0.05) is 92.7 Å². The first-order valence-corrected chi connectivity index (χ1v) is 18.3. The van der Waals surface area contributed by atoms with Crippen LogP contribution in [0.4, 0.5) is 5.69 Å². The summed E-state index contributed by atoms with van der Waals surface area (Å²) in [5.41, 5.74) is 13.6. The Labute approximate surface area is 305 Å². The maximum absolute atomic E-state index is 10.8. The molecule has 5 atom stereocenters. The minimum absolute atomic E-state index is 0.0474. The van der Waals surface area contributed by atoms with Crippen LogP contribution in [0.15, 0.2) is 127 Å². The summed E-state index contributed by atoms with van der Waals surface area (Å²) in [6, 6.07) is 39.2. The number of aryl methyl sites for hydroxylation is 1. The van der Waals surface area contributed by atoms with Crippen molar-refractivity contribution in [3.8, 4) is 35.0 Å².